The molecule has 1 aliphatic heterocycles. The fourth-order valence-electron chi connectivity index (χ4n) is 3.21. The predicted octanol–water partition coefficient (Wildman–Crippen LogP) is 3.91. The first-order valence-electron chi connectivity index (χ1n) is 8.89. The predicted molar refractivity (Wildman–Crippen MR) is 111 cm³/mol. The third kappa shape index (κ3) is 4.17. The number of hydrogen-bond acceptors (Lipinski definition) is 6. The fourth-order valence-corrected chi connectivity index (χ4v) is 4.52. The van der Waals surface area contributed by atoms with Crippen molar-refractivity contribution in [1.82, 2.24) is 14.8 Å². The van der Waals surface area contributed by atoms with Gasteiger partial charge in [0, 0.05) is 36.1 Å². The number of amides is 1. The van der Waals surface area contributed by atoms with Gasteiger partial charge in [-0.3, -0.25) is 9.36 Å². The number of carbonyl (C=O) groups is 1. The SMILES string of the molecule is CSc1cccc(NC(=O)[C@H]2CCCN(c3nnc(-n4cccc4)s3)C2)c1. The summed E-state index contributed by atoms with van der Waals surface area (Å²) in [4.78, 5) is 16.1. The Hall–Kier alpha value is -2.32. The summed E-state index contributed by atoms with van der Waals surface area (Å²) in [5.41, 5.74) is 0.856. The van der Waals surface area contributed by atoms with E-state index in [0.717, 1.165) is 40.2 Å². The molecule has 4 rings (SSSR count). The minimum Gasteiger partial charge on any atom is -0.346 e. The molecule has 1 fully saturated rings. The van der Waals surface area contributed by atoms with Crippen LogP contribution in [0.25, 0.3) is 5.13 Å². The number of carbonyl (C=O) groups excluding carboxylic acids is 1. The van der Waals surface area contributed by atoms with Crippen molar-refractivity contribution in [2.75, 3.05) is 29.6 Å². The van der Waals surface area contributed by atoms with E-state index in [1.165, 1.54) is 0 Å². The zero-order valence-electron chi connectivity index (χ0n) is 15.0. The molecule has 6 nitrogen and oxygen atoms in total. The molecule has 8 heteroatoms. The molecule has 2 aromatic heterocycles. The summed E-state index contributed by atoms with van der Waals surface area (Å²) in [6.07, 6.45) is 7.82. The Labute approximate surface area is 166 Å². The van der Waals surface area contributed by atoms with E-state index in [1.54, 1.807) is 23.1 Å². The zero-order chi connectivity index (χ0) is 18.6. The Bertz CT molecular complexity index is 908. The van der Waals surface area contributed by atoms with Crippen molar-refractivity contribution in [3.8, 4) is 5.13 Å². The van der Waals surface area contributed by atoms with Gasteiger partial charge in [0.1, 0.15) is 0 Å². The van der Waals surface area contributed by atoms with E-state index >= 15 is 0 Å². The van der Waals surface area contributed by atoms with E-state index in [9.17, 15) is 4.79 Å². The maximum atomic E-state index is 12.8. The molecule has 27 heavy (non-hydrogen) atoms. The normalized spacial score (nSPS) is 17.1. The summed E-state index contributed by atoms with van der Waals surface area (Å²) in [7, 11) is 0. The second kappa shape index (κ2) is 8.14. The van der Waals surface area contributed by atoms with Crippen molar-refractivity contribution in [2.24, 2.45) is 5.92 Å². The molecule has 0 spiro atoms. The van der Waals surface area contributed by atoms with Crippen LogP contribution >= 0.6 is 23.1 Å². The van der Waals surface area contributed by atoms with Gasteiger partial charge in [0.2, 0.25) is 16.2 Å². The lowest BCUT2D eigenvalue weighted by Crippen LogP contribution is -2.40. The second-order valence-corrected chi connectivity index (χ2v) is 8.28. The summed E-state index contributed by atoms with van der Waals surface area (Å²) < 4.78 is 1.95. The summed E-state index contributed by atoms with van der Waals surface area (Å²) in [6.45, 7) is 1.58. The Morgan fingerprint density at radius 2 is 2.04 bits per heavy atom. The average molecular weight is 400 g/mol. The average Bonchev–Trinajstić information content (AvgIpc) is 3.40. The lowest BCUT2D eigenvalue weighted by molar-refractivity contribution is -0.120. The molecule has 1 atom stereocenters. The Morgan fingerprint density at radius 1 is 1.22 bits per heavy atom. The lowest BCUT2D eigenvalue weighted by atomic mass is 9.97. The van der Waals surface area contributed by atoms with Gasteiger partial charge < -0.3 is 10.2 Å². The summed E-state index contributed by atoms with van der Waals surface area (Å²) in [5.74, 6) is 0.0312. The maximum Gasteiger partial charge on any atom is 0.229 e. The lowest BCUT2D eigenvalue weighted by Gasteiger charge is -2.31. The van der Waals surface area contributed by atoms with Gasteiger partial charge in [-0.2, -0.15) is 0 Å². The van der Waals surface area contributed by atoms with Crippen molar-refractivity contribution >= 4 is 39.8 Å². The van der Waals surface area contributed by atoms with Crippen LogP contribution < -0.4 is 10.2 Å². The van der Waals surface area contributed by atoms with E-state index in [4.69, 9.17) is 0 Å². The Kier molecular flexibility index (Phi) is 5.45. The van der Waals surface area contributed by atoms with E-state index in [-0.39, 0.29) is 11.8 Å². The van der Waals surface area contributed by atoms with E-state index in [2.05, 4.69) is 20.4 Å². The van der Waals surface area contributed by atoms with Crippen LogP contribution in [0.1, 0.15) is 12.8 Å². The first-order chi connectivity index (χ1) is 13.2. The van der Waals surface area contributed by atoms with Gasteiger partial charge in [-0.05, 0) is 49.4 Å². The summed E-state index contributed by atoms with van der Waals surface area (Å²) >= 11 is 3.22. The third-order valence-electron chi connectivity index (χ3n) is 4.63. The zero-order valence-corrected chi connectivity index (χ0v) is 16.7. The van der Waals surface area contributed by atoms with E-state index in [1.807, 2.05) is 59.6 Å². The maximum absolute atomic E-state index is 12.8. The molecular weight excluding hydrogens is 378 g/mol. The second-order valence-electron chi connectivity index (χ2n) is 6.46. The number of nitrogens with one attached hydrogen (secondary N) is 1. The number of anilines is 2. The molecule has 1 saturated heterocycles. The molecule has 140 valence electrons. The van der Waals surface area contributed by atoms with Gasteiger partial charge in [-0.1, -0.05) is 17.4 Å². The van der Waals surface area contributed by atoms with Crippen molar-refractivity contribution in [2.45, 2.75) is 17.7 Å². The van der Waals surface area contributed by atoms with Crippen LogP contribution in [0.3, 0.4) is 0 Å². The summed E-state index contributed by atoms with van der Waals surface area (Å²) in [6, 6.07) is 11.9. The molecule has 1 aromatic carbocycles. The highest BCUT2D eigenvalue weighted by molar-refractivity contribution is 7.98. The number of piperidine rings is 1. The van der Waals surface area contributed by atoms with E-state index < -0.39 is 0 Å². The molecule has 0 radical (unpaired) electrons. The van der Waals surface area contributed by atoms with Crippen molar-refractivity contribution in [3.63, 3.8) is 0 Å². The van der Waals surface area contributed by atoms with Gasteiger partial charge in [0.05, 0.1) is 5.92 Å². The van der Waals surface area contributed by atoms with Crippen LogP contribution in [0, 0.1) is 5.92 Å². The fraction of sp³-hybridized carbons (Fsp3) is 0.316. The van der Waals surface area contributed by atoms with Crippen molar-refractivity contribution in [3.05, 3.63) is 48.8 Å². The van der Waals surface area contributed by atoms with Gasteiger partial charge in [-0.25, -0.2) is 0 Å². The molecule has 1 amide bonds. The van der Waals surface area contributed by atoms with Crippen LogP contribution in [0.2, 0.25) is 0 Å². The van der Waals surface area contributed by atoms with Crippen LogP contribution in [0.4, 0.5) is 10.8 Å². The number of benzene rings is 1. The van der Waals surface area contributed by atoms with Gasteiger partial charge in [0.15, 0.2) is 0 Å². The van der Waals surface area contributed by atoms with Crippen LogP contribution in [-0.2, 0) is 4.79 Å². The third-order valence-corrected chi connectivity index (χ3v) is 6.35. The largest absolute Gasteiger partial charge is 0.346 e. The monoisotopic (exact) mass is 399 g/mol. The van der Waals surface area contributed by atoms with Gasteiger partial charge in [0.25, 0.3) is 0 Å². The quantitative estimate of drug-likeness (QED) is 0.659. The number of aromatic nitrogens is 3. The molecule has 0 aliphatic carbocycles. The van der Waals surface area contributed by atoms with Crippen LogP contribution in [0.15, 0.2) is 53.7 Å². The standard InChI is InChI=1S/C19H21N5OS2/c1-26-16-8-4-7-15(12-16)20-17(25)14-6-5-11-24(13-14)19-22-21-18(27-19)23-9-2-3-10-23/h2-4,7-10,12,14H,5-6,11,13H2,1H3,(H,20,25)/t14-/m0/s1. The molecule has 3 heterocycles. The minimum atomic E-state index is -0.0457. The topological polar surface area (TPSA) is 63.1 Å². The molecule has 1 aliphatic rings. The Morgan fingerprint density at radius 3 is 2.85 bits per heavy atom. The highest BCUT2D eigenvalue weighted by atomic mass is 32.2. The number of nitrogens with zero attached hydrogens (tertiary/aromatic N) is 4. The molecule has 0 saturated carbocycles. The van der Waals surface area contributed by atoms with Crippen LogP contribution in [0.5, 0.6) is 0 Å². The molecule has 0 bridgehead atoms. The van der Waals surface area contributed by atoms with Crippen molar-refractivity contribution in [1.29, 1.82) is 0 Å². The number of rotatable bonds is 5. The van der Waals surface area contributed by atoms with Crippen LogP contribution in [-0.4, -0.2) is 40.0 Å². The molecule has 1 N–H and O–H groups in total. The number of hydrogen-bond donors (Lipinski definition) is 1. The minimum absolute atomic E-state index is 0.0457. The van der Waals surface area contributed by atoms with Gasteiger partial charge >= 0.3 is 0 Å². The highest BCUT2D eigenvalue weighted by Crippen LogP contribution is 2.28. The summed E-state index contributed by atoms with van der Waals surface area (Å²) in [5, 5.41) is 13.4. The van der Waals surface area contributed by atoms with Gasteiger partial charge in [-0.15, -0.1) is 22.0 Å². The molecular formula is C19H21N5OS2. The highest BCUT2D eigenvalue weighted by Gasteiger charge is 2.28. The number of thioether (sulfide) groups is 1. The smallest absolute Gasteiger partial charge is 0.229 e. The Balaban J connectivity index is 1.42. The van der Waals surface area contributed by atoms with E-state index in [0.29, 0.717) is 6.54 Å². The van der Waals surface area contributed by atoms with Crippen molar-refractivity contribution < 1.29 is 4.79 Å². The first-order valence-corrected chi connectivity index (χ1v) is 10.9. The molecule has 3 aromatic rings. The molecule has 0 unspecified atom stereocenters. The first kappa shape index (κ1) is 18.1.